The van der Waals surface area contributed by atoms with Gasteiger partial charge in [0.1, 0.15) is 11.8 Å². The minimum Gasteiger partial charge on any atom is -0.507 e. The number of aromatic hydroxyl groups is 1. The molecule has 9 heteroatoms. The zero-order chi connectivity index (χ0) is 21.6. The van der Waals surface area contributed by atoms with Crippen LogP contribution in [0.15, 0.2) is 42.5 Å². The van der Waals surface area contributed by atoms with Crippen molar-refractivity contribution in [2.24, 2.45) is 5.92 Å². The SMILES string of the molecule is CC(C)CC(NC(=O)c1ccc(Cl)cc1Cl)C(=O)NNC(=O)c1ccccc1O. The van der Waals surface area contributed by atoms with Crippen molar-refractivity contribution < 1.29 is 19.5 Å². The van der Waals surface area contributed by atoms with E-state index in [2.05, 4.69) is 16.2 Å². The number of phenolic OH excluding ortho intramolecular Hbond substituents is 1. The number of nitrogens with one attached hydrogen (secondary N) is 3. The maximum atomic E-state index is 12.5. The molecule has 0 aromatic heterocycles. The predicted octanol–water partition coefficient (Wildman–Crippen LogP) is 3.30. The third-order valence-electron chi connectivity index (χ3n) is 3.95. The van der Waals surface area contributed by atoms with Crippen molar-refractivity contribution in [1.29, 1.82) is 0 Å². The van der Waals surface area contributed by atoms with Crippen molar-refractivity contribution in [1.82, 2.24) is 16.2 Å². The third kappa shape index (κ3) is 6.37. The second-order valence-corrected chi connectivity index (χ2v) is 7.58. The highest BCUT2D eigenvalue weighted by atomic mass is 35.5. The van der Waals surface area contributed by atoms with Crippen LogP contribution in [-0.4, -0.2) is 28.9 Å². The minimum absolute atomic E-state index is 0.00481. The van der Waals surface area contributed by atoms with Crippen molar-refractivity contribution in [3.05, 3.63) is 63.6 Å². The summed E-state index contributed by atoms with van der Waals surface area (Å²) < 4.78 is 0. The van der Waals surface area contributed by atoms with E-state index in [4.69, 9.17) is 23.2 Å². The Labute approximate surface area is 178 Å². The Morgan fingerprint density at radius 2 is 1.66 bits per heavy atom. The molecule has 0 aliphatic carbocycles. The van der Waals surface area contributed by atoms with Gasteiger partial charge in [0, 0.05) is 5.02 Å². The number of rotatable bonds is 6. The number of amides is 3. The van der Waals surface area contributed by atoms with Gasteiger partial charge in [0.15, 0.2) is 0 Å². The van der Waals surface area contributed by atoms with Crippen molar-refractivity contribution >= 4 is 40.9 Å². The highest BCUT2D eigenvalue weighted by Crippen LogP contribution is 2.21. The average Bonchev–Trinajstić information content (AvgIpc) is 2.65. The number of para-hydroxylation sites is 1. The predicted molar refractivity (Wildman–Crippen MR) is 111 cm³/mol. The zero-order valence-electron chi connectivity index (χ0n) is 15.8. The smallest absolute Gasteiger partial charge is 0.273 e. The van der Waals surface area contributed by atoms with Crippen LogP contribution in [0.5, 0.6) is 5.75 Å². The summed E-state index contributed by atoms with van der Waals surface area (Å²) in [6.45, 7) is 3.78. The quantitative estimate of drug-likeness (QED) is 0.519. The fourth-order valence-electron chi connectivity index (χ4n) is 2.55. The van der Waals surface area contributed by atoms with E-state index in [0.29, 0.717) is 11.4 Å². The van der Waals surface area contributed by atoms with Crippen LogP contribution in [0.25, 0.3) is 0 Å². The van der Waals surface area contributed by atoms with Gasteiger partial charge >= 0.3 is 0 Å². The molecule has 0 bridgehead atoms. The van der Waals surface area contributed by atoms with Gasteiger partial charge in [-0.25, -0.2) is 0 Å². The lowest BCUT2D eigenvalue weighted by Gasteiger charge is -2.20. The molecular weight excluding hydrogens is 417 g/mol. The van der Waals surface area contributed by atoms with Gasteiger partial charge in [-0.1, -0.05) is 49.2 Å². The lowest BCUT2D eigenvalue weighted by atomic mass is 10.0. The lowest BCUT2D eigenvalue weighted by Crippen LogP contribution is -2.52. The summed E-state index contributed by atoms with van der Waals surface area (Å²) in [6.07, 6.45) is 0.329. The fourth-order valence-corrected chi connectivity index (χ4v) is 3.05. The molecule has 0 saturated carbocycles. The van der Waals surface area contributed by atoms with Crippen molar-refractivity contribution in [2.75, 3.05) is 0 Å². The molecule has 154 valence electrons. The van der Waals surface area contributed by atoms with E-state index >= 15 is 0 Å². The van der Waals surface area contributed by atoms with Gasteiger partial charge < -0.3 is 10.4 Å². The molecule has 1 unspecified atom stereocenters. The molecular formula is C20H21Cl2N3O4. The van der Waals surface area contributed by atoms with E-state index < -0.39 is 23.8 Å². The van der Waals surface area contributed by atoms with Crippen LogP contribution in [0, 0.1) is 5.92 Å². The first kappa shape index (κ1) is 22.5. The first-order valence-electron chi connectivity index (χ1n) is 8.83. The molecule has 2 rings (SSSR count). The largest absolute Gasteiger partial charge is 0.507 e. The molecule has 1 atom stereocenters. The van der Waals surface area contributed by atoms with Crippen LogP contribution in [0.1, 0.15) is 41.0 Å². The van der Waals surface area contributed by atoms with Gasteiger partial charge in [0.25, 0.3) is 17.7 Å². The molecule has 0 heterocycles. The van der Waals surface area contributed by atoms with E-state index in [-0.39, 0.29) is 27.8 Å². The first-order chi connectivity index (χ1) is 13.7. The van der Waals surface area contributed by atoms with Gasteiger partial charge in [-0.15, -0.1) is 0 Å². The fraction of sp³-hybridized carbons (Fsp3) is 0.250. The lowest BCUT2D eigenvalue weighted by molar-refractivity contribution is -0.124. The van der Waals surface area contributed by atoms with Gasteiger partial charge in [-0.05, 0) is 42.7 Å². The molecule has 2 aromatic carbocycles. The number of hydrogen-bond donors (Lipinski definition) is 4. The molecule has 7 nitrogen and oxygen atoms in total. The highest BCUT2D eigenvalue weighted by molar-refractivity contribution is 6.36. The number of carbonyl (C=O) groups is 3. The Bertz CT molecular complexity index is 918. The van der Waals surface area contributed by atoms with E-state index in [9.17, 15) is 19.5 Å². The maximum absolute atomic E-state index is 12.5. The number of hydrogen-bond acceptors (Lipinski definition) is 4. The van der Waals surface area contributed by atoms with Gasteiger partial charge in [-0.3, -0.25) is 25.2 Å². The Morgan fingerprint density at radius 3 is 2.28 bits per heavy atom. The molecule has 0 aliphatic rings. The third-order valence-corrected chi connectivity index (χ3v) is 4.50. The monoisotopic (exact) mass is 437 g/mol. The molecule has 0 radical (unpaired) electrons. The van der Waals surface area contributed by atoms with E-state index in [1.807, 2.05) is 13.8 Å². The van der Waals surface area contributed by atoms with Crippen LogP contribution in [0.4, 0.5) is 0 Å². The minimum atomic E-state index is -0.918. The molecule has 0 saturated heterocycles. The van der Waals surface area contributed by atoms with Crippen molar-refractivity contribution in [2.45, 2.75) is 26.3 Å². The standard InChI is InChI=1S/C20H21Cl2N3O4/c1-11(2)9-16(23-18(27)13-8-7-12(21)10-15(13)22)20(29)25-24-19(28)14-5-3-4-6-17(14)26/h3-8,10-11,16,26H,9H2,1-2H3,(H,23,27)(H,24,28)(H,25,29). The second kappa shape index (κ2) is 10.1. The van der Waals surface area contributed by atoms with Crippen molar-refractivity contribution in [3.8, 4) is 5.75 Å². The number of hydrazine groups is 1. The van der Waals surface area contributed by atoms with Gasteiger partial charge in [0.05, 0.1) is 16.1 Å². The summed E-state index contributed by atoms with van der Waals surface area (Å²) in [4.78, 5) is 37.2. The number of halogens is 2. The Kier molecular flexibility index (Phi) is 7.87. The summed E-state index contributed by atoms with van der Waals surface area (Å²) >= 11 is 11.9. The van der Waals surface area contributed by atoms with Crippen LogP contribution in [-0.2, 0) is 4.79 Å². The number of carbonyl (C=O) groups excluding carboxylic acids is 3. The van der Waals surface area contributed by atoms with E-state index in [1.54, 1.807) is 12.1 Å². The van der Waals surface area contributed by atoms with Crippen LogP contribution < -0.4 is 16.2 Å². The molecule has 3 amide bonds. The summed E-state index contributed by atoms with van der Waals surface area (Å²) in [5.41, 5.74) is 4.69. The van der Waals surface area contributed by atoms with E-state index in [1.165, 1.54) is 30.3 Å². The summed E-state index contributed by atoms with van der Waals surface area (Å²) in [7, 11) is 0. The Morgan fingerprint density at radius 1 is 0.966 bits per heavy atom. The zero-order valence-corrected chi connectivity index (χ0v) is 17.3. The highest BCUT2D eigenvalue weighted by Gasteiger charge is 2.24. The maximum Gasteiger partial charge on any atom is 0.273 e. The van der Waals surface area contributed by atoms with Crippen LogP contribution in [0.2, 0.25) is 10.0 Å². The van der Waals surface area contributed by atoms with Crippen LogP contribution in [0.3, 0.4) is 0 Å². The Balaban J connectivity index is 2.06. The van der Waals surface area contributed by atoms with Gasteiger partial charge in [-0.2, -0.15) is 0 Å². The average molecular weight is 438 g/mol. The topological polar surface area (TPSA) is 108 Å². The second-order valence-electron chi connectivity index (χ2n) is 6.74. The molecule has 0 spiro atoms. The molecule has 29 heavy (non-hydrogen) atoms. The molecule has 4 N–H and O–H groups in total. The Hall–Kier alpha value is -2.77. The van der Waals surface area contributed by atoms with Crippen molar-refractivity contribution in [3.63, 3.8) is 0 Å². The van der Waals surface area contributed by atoms with E-state index in [0.717, 1.165) is 0 Å². The van der Waals surface area contributed by atoms with Gasteiger partial charge in [0.2, 0.25) is 0 Å². The summed E-state index contributed by atoms with van der Waals surface area (Å²) in [6, 6.07) is 9.41. The number of benzene rings is 2. The first-order valence-corrected chi connectivity index (χ1v) is 9.58. The summed E-state index contributed by atoms with van der Waals surface area (Å²) in [5, 5.41) is 12.9. The normalized spacial score (nSPS) is 11.6. The molecule has 0 fully saturated rings. The summed E-state index contributed by atoms with van der Waals surface area (Å²) in [5.74, 6) is -1.98. The molecule has 0 aliphatic heterocycles. The number of phenols is 1. The molecule has 2 aromatic rings. The van der Waals surface area contributed by atoms with Crippen LogP contribution >= 0.6 is 23.2 Å².